The van der Waals surface area contributed by atoms with Crippen LogP contribution in [-0.4, -0.2) is 29.9 Å². The third-order valence-electron chi connectivity index (χ3n) is 4.43. The van der Waals surface area contributed by atoms with Crippen LogP contribution >= 0.6 is 11.3 Å². The lowest BCUT2D eigenvalue weighted by Gasteiger charge is -2.16. The lowest BCUT2D eigenvalue weighted by Crippen LogP contribution is -2.13. The van der Waals surface area contributed by atoms with E-state index in [0.29, 0.717) is 21.8 Å². The van der Waals surface area contributed by atoms with E-state index in [-0.39, 0.29) is 11.4 Å². The summed E-state index contributed by atoms with van der Waals surface area (Å²) in [4.78, 5) is 19.1. The largest absolute Gasteiger partial charge is 0.376 e. The van der Waals surface area contributed by atoms with Gasteiger partial charge < -0.3 is 4.90 Å². The highest BCUT2D eigenvalue weighted by molar-refractivity contribution is 7.16. The molecule has 1 N–H and O–H groups in total. The van der Waals surface area contributed by atoms with Crippen molar-refractivity contribution in [1.82, 2.24) is 9.88 Å². The summed E-state index contributed by atoms with van der Waals surface area (Å²) in [5.74, 6) is -1.48. The van der Waals surface area contributed by atoms with Crippen molar-refractivity contribution in [3.63, 3.8) is 0 Å². The molecule has 4 nitrogen and oxygen atoms in total. The molecule has 0 fully saturated rings. The zero-order chi connectivity index (χ0) is 21.8. The number of halogens is 2. The van der Waals surface area contributed by atoms with E-state index in [1.54, 1.807) is 43.5 Å². The van der Waals surface area contributed by atoms with Crippen LogP contribution in [0.15, 0.2) is 61.3 Å². The van der Waals surface area contributed by atoms with Crippen LogP contribution in [0.4, 0.5) is 13.9 Å². The Morgan fingerprint density at radius 2 is 1.83 bits per heavy atom. The molecule has 0 aliphatic heterocycles. The van der Waals surface area contributed by atoms with Crippen LogP contribution in [0.2, 0.25) is 0 Å². The van der Waals surface area contributed by atoms with Crippen molar-refractivity contribution in [2.75, 3.05) is 19.4 Å². The average Bonchev–Trinajstić information content (AvgIpc) is 3.16. The standard InChI is InChI=1S/C23H21F2N3OS/c1-14-8-7-10-16(21(14)25)15(2)12-19(28(3)4)20-13-26-23(30-20)27-22(29)17-9-5-6-11-18(17)24/h5-13H,2H2,1,3-4H3,(H,26,27,29). The monoisotopic (exact) mass is 425 g/mol. The molecular weight excluding hydrogens is 404 g/mol. The SMILES string of the molecule is C=C(C=C(c1cnc(NC(=O)c2ccccc2F)s1)N(C)C)c1cccc(C)c1F. The van der Waals surface area contributed by atoms with Crippen LogP contribution in [0.1, 0.15) is 26.4 Å². The number of nitrogens with zero attached hydrogens (tertiary/aromatic N) is 2. The maximum absolute atomic E-state index is 14.5. The normalized spacial score (nSPS) is 11.3. The molecule has 1 amide bonds. The fourth-order valence-electron chi connectivity index (χ4n) is 2.82. The first-order valence-corrected chi connectivity index (χ1v) is 9.95. The average molecular weight is 426 g/mol. The molecule has 3 rings (SSSR count). The van der Waals surface area contributed by atoms with Gasteiger partial charge in [-0.1, -0.05) is 48.2 Å². The summed E-state index contributed by atoms with van der Waals surface area (Å²) in [5, 5.41) is 2.95. The highest BCUT2D eigenvalue weighted by atomic mass is 32.1. The number of allylic oxidation sites excluding steroid dienone is 2. The molecule has 2 aromatic carbocycles. The second-order valence-corrected chi connectivity index (χ2v) is 7.88. The van der Waals surface area contributed by atoms with Gasteiger partial charge in [0.05, 0.1) is 16.1 Å². The molecule has 0 unspecified atom stereocenters. The van der Waals surface area contributed by atoms with Crippen molar-refractivity contribution >= 4 is 33.6 Å². The summed E-state index contributed by atoms with van der Waals surface area (Å²) < 4.78 is 28.3. The van der Waals surface area contributed by atoms with Crippen molar-refractivity contribution in [1.29, 1.82) is 0 Å². The first-order valence-electron chi connectivity index (χ1n) is 9.13. The minimum atomic E-state index is -0.600. The molecule has 0 radical (unpaired) electrons. The van der Waals surface area contributed by atoms with Gasteiger partial charge in [-0.2, -0.15) is 0 Å². The minimum absolute atomic E-state index is 0.0547. The van der Waals surface area contributed by atoms with E-state index in [9.17, 15) is 13.6 Å². The number of carbonyl (C=O) groups excluding carboxylic acids is 1. The van der Waals surface area contributed by atoms with Crippen molar-refractivity contribution in [2.45, 2.75) is 6.92 Å². The molecule has 0 bridgehead atoms. The molecule has 30 heavy (non-hydrogen) atoms. The third kappa shape index (κ3) is 4.63. The molecule has 3 aromatic rings. The fraction of sp³-hybridized carbons (Fsp3) is 0.130. The van der Waals surface area contributed by atoms with Gasteiger partial charge in [-0.15, -0.1) is 0 Å². The predicted molar refractivity (Wildman–Crippen MR) is 118 cm³/mol. The van der Waals surface area contributed by atoms with Crippen LogP contribution in [0.25, 0.3) is 11.3 Å². The number of hydrogen-bond donors (Lipinski definition) is 1. The van der Waals surface area contributed by atoms with Gasteiger partial charge in [0.1, 0.15) is 11.6 Å². The summed E-state index contributed by atoms with van der Waals surface area (Å²) in [6.07, 6.45) is 3.38. The van der Waals surface area contributed by atoms with Gasteiger partial charge in [-0.25, -0.2) is 13.8 Å². The zero-order valence-electron chi connectivity index (χ0n) is 16.9. The summed E-state index contributed by atoms with van der Waals surface area (Å²) in [6, 6.07) is 10.9. The van der Waals surface area contributed by atoms with E-state index in [1.807, 2.05) is 19.0 Å². The minimum Gasteiger partial charge on any atom is -0.376 e. The Balaban J connectivity index is 1.86. The molecule has 154 valence electrons. The number of amides is 1. The molecule has 0 atom stereocenters. The highest BCUT2D eigenvalue weighted by Crippen LogP contribution is 2.30. The first-order chi connectivity index (χ1) is 14.3. The maximum Gasteiger partial charge on any atom is 0.260 e. The number of aryl methyl sites for hydroxylation is 1. The molecule has 1 heterocycles. The molecule has 7 heteroatoms. The number of thiazole rings is 1. The molecule has 0 spiro atoms. The number of rotatable bonds is 6. The van der Waals surface area contributed by atoms with Crippen molar-refractivity contribution < 1.29 is 13.6 Å². The Hall–Kier alpha value is -3.32. The van der Waals surface area contributed by atoms with Crippen LogP contribution in [0, 0.1) is 18.6 Å². The smallest absolute Gasteiger partial charge is 0.260 e. The van der Waals surface area contributed by atoms with Gasteiger partial charge in [0.15, 0.2) is 5.13 Å². The summed E-state index contributed by atoms with van der Waals surface area (Å²) >= 11 is 1.23. The van der Waals surface area contributed by atoms with Crippen molar-refractivity contribution in [2.24, 2.45) is 0 Å². The Morgan fingerprint density at radius 1 is 1.13 bits per heavy atom. The van der Waals surface area contributed by atoms with Gasteiger partial charge in [0.2, 0.25) is 0 Å². The number of benzene rings is 2. The highest BCUT2D eigenvalue weighted by Gasteiger charge is 2.16. The number of anilines is 1. The van der Waals surface area contributed by atoms with Crippen LogP contribution in [0.5, 0.6) is 0 Å². The molecule has 0 aliphatic rings. The Kier molecular flexibility index (Phi) is 6.42. The van der Waals surface area contributed by atoms with Gasteiger partial charge in [0, 0.05) is 25.9 Å². The predicted octanol–water partition coefficient (Wildman–Crippen LogP) is 5.60. The molecule has 1 aromatic heterocycles. The van der Waals surface area contributed by atoms with E-state index in [1.165, 1.54) is 29.5 Å². The Morgan fingerprint density at radius 3 is 2.53 bits per heavy atom. The molecule has 0 saturated carbocycles. The summed E-state index contributed by atoms with van der Waals surface area (Å²) in [6.45, 7) is 5.71. The lowest BCUT2D eigenvalue weighted by molar-refractivity contribution is 0.102. The summed E-state index contributed by atoms with van der Waals surface area (Å²) in [5.41, 5.74) is 2.19. The van der Waals surface area contributed by atoms with Crippen molar-refractivity contribution in [3.8, 4) is 0 Å². The summed E-state index contributed by atoms with van der Waals surface area (Å²) in [7, 11) is 3.70. The van der Waals surface area contributed by atoms with Gasteiger partial charge >= 0.3 is 0 Å². The Bertz CT molecular complexity index is 1130. The molecule has 0 aliphatic carbocycles. The van der Waals surface area contributed by atoms with Crippen LogP contribution < -0.4 is 5.32 Å². The third-order valence-corrected chi connectivity index (χ3v) is 5.36. The number of aromatic nitrogens is 1. The fourth-order valence-corrected chi connectivity index (χ4v) is 3.73. The molecule has 0 saturated heterocycles. The second kappa shape index (κ2) is 9.00. The number of carbonyl (C=O) groups is 1. The first kappa shape index (κ1) is 21.4. The van der Waals surface area contributed by atoms with Gasteiger partial charge in [-0.3, -0.25) is 10.1 Å². The quantitative estimate of drug-likeness (QED) is 0.523. The number of nitrogens with one attached hydrogen (secondary N) is 1. The van der Waals surface area contributed by atoms with Gasteiger partial charge in [0.25, 0.3) is 5.91 Å². The van der Waals surface area contributed by atoms with E-state index in [2.05, 4.69) is 16.9 Å². The van der Waals surface area contributed by atoms with E-state index in [4.69, 9.17) is 0 Å². The zero-order valence-corrected chi connectivity index (χ0v) is 17.7. The van der Waals surface area contributed by atoms with Crippen LogP contribution in [-0.2, 0) is 0 Å². The Labute approximate surface area is 178 Å². The molecular formula is C23H21F2N3OS. The van der Waals surface area contributed by atoms with Crippen LogP contribution in [0.3, 0.4) is 0 Å². The van der Waals surface area contributed by atoms with E-state index < -0.39 is 11.7 Å². The maximum atomic E-state index is 14.5. The van der Waals surface area contributed by atoms with Gasteiger partial charge in [-0.05, 0) is 36.3 Å². The van der Waals surface area contributed by atoms with E-state index in [0.717, 1.165) is 10.6 Å². The van der Waals surface area contributed by atoms with Crippen molar-refractivity contribution in [3.05, 3.63) is 94.5 Å². The number of hydrogen-bond acceptors (Lipinski definition) is 4. The topological polar surface area (TPSA) is 45.2 Å². The second-order valence-electron chi connectivity index (χ2n) is 6.85. The van der Waals surface area contributed by atoms with E-state index >= 15 is 0 Å². The lowest BCUT2D eigenvalue weighted by atomic mass is 10.0.